The molecule has 1 saturated carbocycles. The average Bonchev–Trinajstić information content (AvgIpc) is 3.61. The number of nitrogens with one attached hydrogen (secondary N) is 2. The summed E-state index contributed by atoms with van der Waals surface area (Å²) in [5.74, 6) is 1.25. The Morgan fingerprint density at radius 2 is 1.65 bits per heavy atom. The molecule has 1 aliphatic carbocycles. The van der Waals surface area contributed by atoms with Crippen LogP contribution in [-0.2, 0) is 11.3 Å². The van der Waals surface area contributed by atoms with Crippen LogP contribution in [0, 0.1) is 0 Å². The second kappa shape index (κ2) is 9.76. The summed E-state index contributed by atoms with van der Waals surface area (Å²) in [6.45, 7) is 0.398. The van der Waals surface area contributed by atoms with Crippen LogP contribution in [0.25, 0.3) is 6.08 Å². The molecular weight excluding hydrogens is 388 g/mol. The molecule has 156 valence electrons. The quantitative estimate of drug-likeness (QED) is 0.527. The van der Waals surface area contributed by atoms with Crippen LogP contribution >= 0.6 is 0 Å². The highest BCUT2D eigenvalue weighted by molar-refractivity contribution is 5.95. The van der Waals surface area contributed by atoms with Gasteiger partial charge in [-0.05, 0) is 66.4 Å². The van der Waals surface area contributed by atoms with Gasteiger partial charge in [0, 0.05) is 24.2 Å². The summed E-state index contributed by atoms with van der Waals surface area (Å²) in [5.41, 5.74) is 2.43. The molecule has 2 N–H and O–H groups in total. The van der Waals surface area contributed by atoms with E-state index < -0.39 is 0 Å². The molecule has 4 rings (SSSR count). The van der Waals surface area contributed by atoms with E-state index in [0.29, 0.717) is 18.2 Å². The van der Waals surface area contributed by atoms with Gasteiger partial charge in [-0.25, -0.2) is 0 Å². The minimum Gasteiger partial charge on any atom is -0.457 e. The topological polar surface area (TPSA) is 67.4 Å². The Balaban J connectivity index is 1.27. The van der Waals surface area contributed by atoms with Crippen molar-refractivity contribution in [2.45, 2.75) is 25.4 Å². The van der Waals surface area contributed by atoms with E-state index in [4.69, 9.17) is 4.74 Å². The summed E-state index contributed by atoms with van der Waals surface area (Å²) in [6, 6.07) is 24.7. The van der Waals surface area contributed by atoms with Crippen molar-refractivity contribution in [3.63, 3.8) is 0 Å². The Morgan fingerprint density at radius 1 is 0.903 bits per heavy atom. The summed E-state index contributed by atoms with van der Waals surface area (Å²) < 4.78 is 5.83. The lowest BCUT2D eigenvalue weighted by molar-refractivity contribution is -0.116. The van der Waals surface area contributed by atoms with Crippen LogP contribution in [0.3, 0.4) is 0 Å². The van der Waals surface area contributed by atoms with Crippen molar-refractivity contribution in [2.75, 3.05) is 0 Å². The third-order valence-corrected chi connectivity index (χ3v) is 4.86. The first kappa shape index (κ1) is 20.4. The number of hydrogen-bond donors (Lipinski definition) is 2. The number of amides is 2. The predicted molar refractivity (Wildman–Crippen MR) is 121 cm³/mol. The van der Waals surface area contributed by atoms with E-state index in [9.17, 15) is 9.59 Å². The van der Waals surface area contributed by atoms with Gasteiger partial charge in [0.05, 0.1) is 0 Å². The molecule has 0 heterocycles. The Bertz CT molecular complexity index is 1070. The maximum absolute atomic E-state index is 12.2. The second-order valence-corrected chi connectivity index (χ2v) is 7.48. The van der Waals surface area contributed by atoms with Gasteiger partial charge < -0.3 is 15.4 Å². The first-order valence-electron chi connectivity index (χ1n) is 10.3. The molecule has 5 nitrogen and oxygen atoms in total. The number of benzene rings is 3. The molecule has 0 aliphatic heterocycles. The summed E-state index contributed by atoms with van der Waals surface area (Å²) in [7, 11) is 0. The van der Waals surface area contributed by atoms with Crippen molar-refractivity contribution in [3.8, 4) is 11.5 Å². The van der Waals surface area contributed by atoms with Gasteiger partial charge in [-0.1, -0.05) is 42.5 Å². The fourth-order valence-electron chi connectivity index (χ4n) is 3.01. The molecular formula is C26H24N2O3. The Kier molecular flexibility index (Phi) is 6.43. The zero-order valence-electron chi connectivity index (χ0n) is 17.1. The maximum atomic E-state index is 12.2. The van der Waals surface area contributed by atoms with Gasteiger partial charge in [0.2, 0.25) is 5.91 Å². The van der Waals surface area contributed by atoms with Crippen molar-refractivity contribution >= 4 is 17.9 Å². The SMILES string of the molecule is O=C(/C=C/c1ccc(C(=O)NC2CC2)cc1)NCc1cccc(Oc2ccccc2)c1. The molecule has 0 radical (unpaired) electrons. The van der Waals surface area contributed by atoms with Crippen molar-refractivity contribution in [1.82, 2.24) is 10.6 Å². The molecule has 1 aliphatic rings. The molecule has 0 bridgehead atoms. The lowest BCUT2D eigenvalue weighted by atomic mass is 10.1. The van der Waals surface area contributed by atoms with Crippen LogP contribution in [-0.4, -0.2) is 17.9 Å². The highest BCUT2D eigenvalue weighted by Gasteiger charge is 2.23. The molecule has 0 atom stereocenters. The van der Waals surface area contributed by atoms with Gasteiger partial charge in [-0.15, -0.1) is 0 Å². The first-order chi connectivity index (χ1) is 15.2. The highest BCUT2D eigenvalue weighted by Crippen LogP contribution is 2.22. The van der Waals surface area contributed by atoms with Gasteiger partial charge in [0.15, 0.2) is 0 Å². The molecule has 3 aromatic carbocycles. The zero-order chi connectivity index (χ0) is 21.5. The molecule has 31 heavy (non-hydrogen) atoms. The van der Waals surface area contributed by atoms with Crippen molar-refractivity contribution in [1.29, 1.82) is 0 Å². The van der Waals surface area contributed by atoms with Crippen LogP contribution in [0.2, 0.25) is 0 Å². The largest absolute Gasteiger partial charge is 0.457 e. The first-order valence-corrected chi connectivity index (χ1v) is 10.3. The number of hydrogen-bond acceptors (Lipinski definition) is 3. The number of carbonyl (C=O) groups is 2. The van der Waals surface area contributed by atoms with E-state index in [1.54, 1.807) is 18.2 Å². The third-order valence-electron chi connectivity index (χ3n) is 4.86. The molecule has 0 saturated heterocycles. The number of para-hydroxylation sites is 1. The van der Waals surface area contributed by atoms with Crippen LogP contribution < -0.4 is 15.4 Å². The zero-order valence-corrected chi connectivity index (χ0v) is 17.1. The highest BCUT2D eigenvalue weighted by atomic mass is 16.5. The maximum Gasteiger partial charge on any atom is 0.251 e. The number of ether oxygens (including phenoxy) is 1. The molecule has 0 aromatic heterocycles. The second-order valence-electron chi connectivity index (χ2n) is 7.48. The Hall–Kier alpha value is -3.86. The van der Waals surface area contributed by atoms with E-state index in [1.165, 1.54) is 6.08 Å². The lowest BCUT2D eigenvalue weighted by Gasteiger charge is -2.08. The number of carbonyl (C=O) groups excluding carboxylic acids is 2. The van der Waals surface area contributed by atoms with Gasteiger partial charge in [-0.2, -0.15) is 0 Å². The Morgan fingerprint density at radius 3 is 2.39 bits per heavy atom. The standard InChI is InChI=1S/C26H24N2O3/c29-25(16-11-19-9-12-21(13-10-19)26(30)28-22-14-15-22)27-18-20-5-4-8-24(17-20)31-23-6-2-1-3-7-23/h1-13,16-17,22H,14-15,18H2,(H,27,29)(H,28,30)/b16-11+. The molecule has 0 unspecified atom stereocenters. The van der Waals surface area contributed by atoms with E-state index in [1.807, 2.05) is 66.7 Å². The molecule has 5 heteroatoms. The monoisotopic (exact) mass is 412 g/mol. The third kappa shape index (κ3) is 6.31. The number of rotatable bonds is 8. The minimum atomic E-state index is -0.190. The van der Waals surface area contributed by atoms with Crippen molar-refractivity contribution in [2.24, 2.45) is 0 Å². The van der Waals surface area contributed by atoms with Crippen LogP contribution in [0.4, 0.5) is 0 Å². The van der Waals surface area contributed by atoms with Gasteiger partial charge in [0.25, 0.3) is 5.91 Å². The van der Waals surface area contributed by atoms with Crippen molar-refractivity contribution < 1.29 is 14.3 Å². The van der Waals surface area contributed by atoms with Crippen LogP contribution in [0.1, 0.15) is 34.3 Å². The molecule has 0 spiro atoms. The smallest absolute Gasteiger partial charge is 0.251 e. The van der Waals surface area contributed by atoms with E-state index in [-0.39, 0.29) is 11.8 Å². The fourth-order valence-corrected chi connectivity index (χ4v) is 3.01. The van der Waals surface area contributed by atoms with Gasteiger partial charge in [0.1, 0.15) is 11.5 Å². The van der Waals surface area contributed by atoms with E-state index in [2.05, 4.69) is 10.6 Å². The van der Waals surface area contributed by atoms with E-state index in [0.717, 1.165) is 35.5 Å². The molecule has 3 aromatic rings. The lowest BCUT2D eigenvalue weighted by Crippen LogP contribution is -2.25. The normalized spacial score (nSPS) is 13.0. The molecule has 2 amide bonds. The summed E-state index contributed by atoms with van der Waals surface area (Å²) >= 11 is 0. The summed E-state index contributed by atoms with van der Waals surface area (Å²) in [6.07, 6.45) is 5.34. The van der Waals surface area contributed by atoms with Crippen molar-refractivity contribution in [3.05, 3.63) is 102 Å². The van der Waals surface area contributed by atoms with E-state index >= 15 is 0 Å². The van der Waals surface area contributed by atoms with Crippen LogP contribution in [0.5, 0.6) is 11.5 Å². The summed E-state index contributed by atoms with van der Waals surface area (Å²) in [5, 5.41) is 5.83. The minimum absolute atomic E-state index is 0.0470. The summed E-state index contributed by atoms with van der Waals surface area (Å²) in [4.78, 5) is 24.2. The fraction of sp³-hybridized carbons (Fsp3) is 0.154. The average molecular weight is 412 g/mol. The Labute approximate surface area is 181 Å². The van der Waals surface area contributed by atoms with Gasteiger partial charge >= 0.3 is 0 Å². The molecule has 1 fully saturated rings. The predicted octanol–water partition coefficient (Wildman–Crippen LogP) is 4.70. The van der Waals surface area contributed by atoms with Gasteiger partial charge in [-0.3, -0.25) is 9.59 Å². The van der Waals surface area contributed by atoms with Crippen LogP contribution in [0.15, 0.2) is 84.9 Å².